The Balaban J connectivity index is 2.51. The Labute approximate surface area is 118 Å². The lowest BCUT2D eigenvalue weighted by atomic mass is 10.4. The molecule has 1 heterocycles. The normalized spacial score (nSPS) is 11.8. The molecule has 20 heavy (non-hydrogen) atoms. The van der Waals surface area contributed by atoms with Crippen molar-refractivity contribution in [2.24, 2.45) is 5.14 Å². The molecule has 0 radical (unpaired) electrons. The fraction of sp³-hybridized carbons (Fsp3) is 0.556. The van der Waals surface area contributed by atoms with Crippen LogP contribution in [0.3, 0.4) is 0 Å². The van der Waals surface area contributed by atoms with E-state index in [0.29, 0.717) is 0 Å². The number of carbonyl (C=O) groups is 1. The maximum Gasteiger partial charge on any atom is 0.261 e. The minimum atomic E-state index is -3.88. The molecule has 1 aromatic rings. The first-order valence-corrected chi connectivity index (χ1v) is 7.72. The van der Waals surface area contributed by atoms with Crippen molar-refractivity contribution in [3.05, 3.63) is 5.69 Å². The molecule has 3 N–H and O–H groups in total. The molecule has 1 aromatic heterocycles. The number of sulfonamides is 1. The largest absolute Gasteiger partial charge is 0.375 e. The van der Waals surface area contributed by atoms with E-state index in [2.05, 4.69) is 15.0 Å². The summed E-state index contributed by atoms with van der Waals surface area (Å²) in [5.74, 6) is -0.519. The van der Waals surface area contributed by atoms with Crippen LogP contribution >= 0.6 is 11.3 Å². The molecule has 0 fully saturated rings. The molecule has 0 aromatic carbocycles. The Morgan fingerprint density at radius 3 is 2.70 bits per heavy atom. The number of anilines is 1. The van der Waals surface area contributed by atoms with Gasteiger partial charge in [-0.15, -0.1) is 0 Å². The van der Waals surface area contributed by atoms with Crippen LogP contribution in [0.15, 0.2) is 4.21 Å². The number of alkyl halides is 2. The van der Waals surface area contributed by atoms with Crippen molar-refractivity contribution in [2.45, 2.75) is 24.0 Å². The van der Waals surface area contributed by atoms with Gasteiger partial charge in [-0.25, -0.2) is 27.3 Å². The molecule has 0 unspecified atom stereocenters. The number of hydrogen-bond donors (Lipinski definition) is 2. The Morgan fingerprint density at radius 2 is 2.20 bits per heavy atom. The topological polar surface area (TPSA) is 111 Å². The van der Waals surface area contributed by atoms with Gasteiger partial charge in [0.25, 0.3) is 6.43 Å². The van der Waals surface area contributed by atoms with Gasteiger partial charge in [-0.2, -0.15) is 0 Å². The summed E-state index contributed by atoms with van der Waals surface area (Å²) in [7, 11) is -3.88. The van der Waals surface area contributed by atoms with Crippen LogP contribution in [0.1, 0.15) is 12.1 Å². The van der Waals surface area contributed by atoms with E-state index in [9.17, 15) is 22.0 Å². The zero-order valence-corrected chi connectivity index (χ0v) is 12.1. The van der Waals surface area contributed by atoms with Gasteiger partial charge in [0.2, 0.25) is 15.9 Å². The van der Waals surface area contributed by atoms with E-state index >= 15 is 0 Å². The number of halogens is 2. The molecule has 1 amide bonds. The minimum Gasteiger partial charge on any atom is -0.375 e. The zero-order valence-electron chi connectivity index (χ0n) is 10.4. The summed E-state index contributed by atoms with van der Waals surface area (Å²) in [6.07, 6.45) is -2.73. The third-order valence-corrected chi connectivity index (χ3v) is 4.60. The quantitative estimate of drug-likeness (QED) is 0.716. The molecule has 1 rings (SSSR count). The highest BCUT2D eigenvalue weighted by Crippen LogP contribution is 2.25. The molecule has 114 valence electrons. The predicted molar refractivity (Wildman–Crippen MR) is 68.3 cm³/mol. The number of aromatic nitrogens is 1. The average Bonchev–Trinajstić information content (AvgIpc) is 2.65. The zero-order chi connectivity index (χ0) is 15.3. The van der Waals surface area contributed by atoms with Crippen LogP contribution in [0.4, 0.5) is 13.9 Å². The van der Waals surface area contributed by atoms with E-state index < -0.39 is 29.0 Å². The summed E-state index contributed by atoms with van der Waals surface area (Å²) in [4.78, 5) is 15.3. The van der Waals surface area contributed by atoms with Gasteiger partial charge in [-0.1, -0.05) is 11.3 Å². The number of ether oxygens (including phenoxy) is 1. The van der Waals surface area contributed by atoms with E-state index in [1.54, 1.807) is 0 Å². The Kier molecular flexibility index (Phi) is 5.92. The van der Waals surface area contributed by atoms with E-state index in [4.69, 9.17) is 5.14 Å². The number of thiazole rings is 1. The standard InChI is InChI=1S/C9H13F2N3O4S2/c1-5-8(20(12,16)17)19-9(13-5)14-7(15)2-3-18-4-6(10)11/h6H,2-4H2,1H3,(H2,12,16,17)(H,13,14,15). The summed E-state index contributed by atoms with van der Waals surface area (Å²) in [5, 5.41) is 7.39. The number of rotatable bonds is 7. The average molecular weight is 329 g/mol. The molecule has 0 aliphatic heterocycles. The van der Waals surface area contributed by atoms with Crippen molar-refractivity contribution in [1.82, 2.24) is 4.98 Å². The Bertz CT molecular complexity index is 574. The van der Waals surface area contributed by atoms with Gasteiger partial charge >= 0.3 is 0 Å². The second-order valence-electron chi connectivity index (χ2n) is 3.70. The van der Waals surface area contributed by atoms with Crippen molar-refractivity contribution in [3.8, 4) is 0 Å². The predicted octanol–water partition coefficient (Wildman–Crippen LogP) is 0.709. The number of carbonyl (C=O) groups excluding carboxylic acids is 1. The number of aryl methyl sites for hydroxylation is 1. The van der Waals surface area contributed by atoms with Crippen LogP contribution in [0.25, 0.3) is 0 Å². The first kappa shape index (κ1) is 16.9. The summed E-state index contributed by atoms with van der Waals surface area (Å²) < 4.78 is 50.3. The first-order chi connectivity index (χ1) is 9.20. The van der Waals surface area contributed by atoms with Gasteiger partial charge < -0.3 is 10.1 Å². The van der Waals surface area contributed by atoms with Crippen LogP contribution in [-0.4, -0.2) is 38.9 Å². The van der Waals surface area contributed by atoms with Crippen LogP contribution in [0, 0.1) is 6.92 Å². The van der Waals surface area contributed by atoms with Crippen LogP contribution in [-0.2, 0) is 19.6 Å². The number of nitrogens with two attached hydrogens (primary N) is 1. The highest BCUT2D eigenvalue weighted by molar-refractivity contribution is 7.91. The molecular weight excluding hydrogens is 316 g/mol. The van der Waals surface area contributed by atoms with Gasteiger partial charge in [0.15, 0.2) is 9.34 Å². The number of nitrogens with one attached hydrogen (secondary N) is 1. The maximum atomic E-state index is 11.8. The summed E-state index contributed by atoms with van der Waals surface area (Å²) in [5.41, 5.74) is 0.182. The van der Waals surface area contributed by atoms with Gasteiger partial charge in [-0.05, 0) is 6.92 Å². The minimum absolute atomic E-state index is 0.0744. The van der Waals surface area contributed by atoms with Crippen molar-refractivity contribution in [2.75, 3.05) is 18.5 Å². The molecular formula is C9H13F2N3O4S2. The van der Waals surface area contributed by atoms with E-state index in [0.717, 1.165) is 11.3 Å². The molecule has 0 aliphatic rings. The van der Waals surface area contributed by atoms with E-state index in [-0.39, 0.29) is 28.1 Å². The van der Waals surface area contributed by atoms with Gasteiger partial charge in [-0.3, -0.25) is 4.79 Å². The number of primary sulfonamides is 1. The Hall–Kier alpha value is -1.17. The fourth-order valence-electron chi connectivity index (χ4n) is 1.22. The molecule has 0 aliphatic carbocycles. The monoisotopic (exact) mass is 329 g/mol. The lowest BCUT2D eigenvalue weighted by Gasteiger charge is -2.03. The van der Waals surface area contributed by atoms with Crippen LogP contribution < -0.4 is 10.5 Å². The lowest BCUT2D eigenvalue weighted by molar-refractivity contribution is -0.117. The molecule has 0 bridgehead atoms. The van der Waals surface area contributed by atoms with Crippen molar-refractivity contribution in [3.63, 3.8) is 0 Å². The number of hydrogen-bond acceptors (Lipinski definition) is 6. The lowest BCUT2D eigenvalue weighted by Crippen LogP contribution is -2.15. The second kappa shape index (κ2) is 7.02. The summed E-state index contributed by atoms with van der Waals surface area (Å²) >= 11 is 0.722. The molecule has 7 nitrogen and oxygen atoms in total. The summed E-state index contributed by atoms with van der Waals surface area (Å²) in [6.45, 7) is 0.541. The smallest absolute Gasteiger partial charge is 0.261 e. The molecule has 11 heteroatoms. The fourth-order valence-corrected chi connectivity index (χ4v) is 3.09. The van der Waals surface area contributed by atoms with E-state index in [1.165, 1.54) is 6.92 Å². The third-order valence-electron chi connectivity index (χ3n) is 1.98. The van der Waals surface area contributed by atoms with Crippen LogP contribution in [0.5, 0.6) is 0 Å². The van der Waals surface area contributed by atoms with Gasteiger partial charge in [0.05, 0.1) is 18.7 Å². The second-order valence-corrected chi connectivity index (χ2v) is 6.46. The SMILES string of the molecule is Cc1nc(NC(=O)CCOCC(F)F)sc1S(N)(=O)=O. The van der Waals surface area contributed by atoms with Crippen molar-refractivity contribution in [1.29, 1.82) is 0 Å². The highest BCUT2D eigenvalue weighted by atomic mass is 32.2. The highest BCUT2D eigenvalue weighted by Gasteiger charge is 2.18. The third kappa shape index (κ3) is 5.45. The Morgan fingerprint density at radius 1 is 1.55 bits per heavy atom. The number of amides is 1. The number of nitrogens with zero attached hydrogens (tertiary/aromatic N) is 1. The maximum absolute atomic E-state index is 11.8. The molecule has 0 spiro atoms. The summed E-state index contributed by atoms with van der Waals surface area (Å²) in [6, 6.07) is 0. The van der Waals surface area contributed by atoms with Crippen molar-refractivity contribution < 1.29 is 26.7 Å². The van der Waals surface area contributed by atoms with E-state index in [1.807, 2.05) is 0 Å². The van der Waals surface area contributed by atoms with Gasteiger partial charge in [0.1, 0.15) is 6.61 Å². The molecule has 0 saturated heterocycles. The van der Waals surface area contributed by atoms with Gasteiger partial charge in [0, 0.05) is 0 Å². The van der Waals surface area contributed by atoms with Crippen LogP contribution in [0.2, 0.25) is 0 Å². The molecule has 0 saturated carbocycles. The van der Waals surface area contributed by atoms with Crippen molar-refractivity contribution >= 4 is 32.4 Å². The molecule has 0 atom stereocenters. The first-order valence-electron chi connectivity index (χ1n) is 5.36.